The molecule has 2 aliphatic carbocycles. The molecule has 114 valence electrons. The second kappa shape index (κ2) is 5.96. The number of aliphatic carboxylic acids is 1. The average Bonchev–Trinajstić information content (AvgIpc) is 3.24. The van der Waals surface area contributed by atoms with E-state index >= 15 is 0 Å². The number of para-hydroxylation sites is 1. The Bertz CT molecular complexity index is 518. The van der Waals surface area contributed by atoms with Crippen LogP contribution >= 0.6 is 0 Å². The van der Waals surface area contributed by atoms with Crippen LogP contribution in [0.25, 0.3) is 0 Å². The van der Waals surface area contributed by atoms with Crippen LogP contribution in [-0.4, -0.2) is 24.3 Å². The third-order valence-corrected chi connectivity index (χ3v) is 4.55. The number of methoxy groups -OCH3 is 1. The van der Waals surface area contributed by atoms with Crippen molar-refractivity contribution in [2.75, 3.05) is 7.11 Å². The molecule has 1 unspecified atom stereocenters. The van der Waals surface area contributed by atoms with Gasteiger partial charge in [0.25, 0.3) is 0 Å². The molecule has 0 radical (unpaired) electrons. The van der Waals surface area contributed by atoms with E-state index in [1.54, 1.807) is 7.11 Å². The van der Waals surface area contributed by atoms with Crippen molar-refractivity contribution >= 4 is 5.97 Å². The Balaban J connectivity index is 1.92. The van der Waals surface area contributed by atoms with Crippen molar-refractivity contribution in [3.8, 4) is 11.5 Å². The highest BCUT2D eigenvalue weighted by atomic mass is 16.5. The maximum absolute atomic E-state index is 11.2. The van der Waals surface area contributed by atoms with Gasteiger partial charge in [0.2, 0.25) is 0 Å². The first-order valence-electron chi connectivity index (χ1n) is 7.74. The normalized spacial score (nSPS) is 19.7. The number of hydrogen-bond donors (Lipinski definition) is 1. The smallest absolute Gasteiger partial charge is 0.303 e. The van der Waals surface area contributed by atoms with Crippen LogP contribution in [0, 0.1) is 5.92 Å². The van der Waals surface area contributed by atoms with Crippen molar-refractivity contribution in [3.05, 3.63) is 23.8 Å². The van der Waals surface area contributed by atoms with Crippen LogP contribution in [0.1, 0.15) is 50.0 Å². The highest BCUT2D eigenvalue weighted by Crippen LogP contribution is 2.49. The lowest BCUT2D eigenvalue weighted by Crippen LogP contribution is -2.25. The fourth-order valence-electron chi connectivity index (χ4n) is 2.98. The molecule has 1 N–H and O–H groups in total. The molecule has 1 atom stereocenters. The van der Waals surface area contributed by atoms with E-state index < -0.39 is 5.97 Å². The number of ether oxygens (including phenoxy) is 2. The predicted octanol–water partition coefficient (Wildman–Crippen LogP) is 3.59. The van der Waals surface area contributed by atoms with Gasteiger partial charge in [-0.25, -0.2) is 0 Å². The molecule has 1 aromatic rings. The summed E-state index contributed by atoms with van der Waals surface area (Å²) in [5.41, 5.74) is 1.01. The fraction of sp³-hybridized carbons (Fsp3) is 0.588. The molecule has 2 fully saturated rings. The highest BCUT2D eigenvalue weighted by molar-refractivity contribution is 5.69. The Hall–Kier alpha value is -1.71. The lowest BCUT2D eigenvalue weighted by Gasteiger charge is -2.29. The number of rotatable bonds is 7. The van der Waals surface area contributed by atoms with Gasteiger partial charge < -0.3 is 14.6 Å². The summed E-state index contributed by atoms with van der Waals surface area (Å²) in [4.78, 5) is 11.2. The lowest BCUT2D eigenvalue weighted by atomic mass is 9.89. The van der Waals surface area contributed by atoms with E-state index in [0.29, 0.717) is 5.92 Å². The summed E-state index contributed by atoms with van der Waals surface area (Å²) >= 11 is 0. The molecule has 21 heavy (non-hydrogen) atoms. The molecule has 0 bridgehead atoms. The minimum absolute atomic E-state index is 0.0349. The Morgan fingerprint density at radius 2 is 2.10 bits per heavy atom. The van der Waals surface area contributed by atoms with Crippen LogP contribution in [-0.2, 0) is 4.79 Å². The van der Waals surface area contributed by atoms with Crippen LogP contribution in [0.5, 0.6) is 11.5 Å². The molecular weight excluding hydrogens is 268 g/mol. The zero-order valence-electron chi connectivity index (χ0n) is 12.4. The van der Waals surface area contributed by atoms with Gasteiger partial charge in [0.1, 0.15) is 0 Å². The molecule has 0 amide bonds. The van der Waals surface area contributed by atoms with E-state index in [0.717, 1.165) is 42.7 Å². The molecule has 4 nitrogen and oxygen atoms in total. The predicted molar refractivity (Wildman–Crippen MR) is 79.0 cm³/mol. The summed E-state index contributed by atoms with van der Waals surface area (Å²) in [6.45, 7) is 0. The van der Waals surface area contributed by atoms with E-state index in [1.165, 1.54) is 6.42 Å². The Morgan fingerprint density at radius 1 is 1.33 bits per heavy atom. The van der Waals surface area contributed by atoms with Gasteiger partial charge in [-0.15, -0.1) is 0 Å². The maximum Gasteiger partial charge on any atom is 0.303 e. The zero-order chi connectivity index (χ0) is 14.8. The third-order valence-electron chi connectivity index (χ3n) is 4.55. The van der Waals surface area contributed by atoms with Crippen LogP contribution < -0.4 is 9.47 Å². The zero-order valence-corrected chi connectivity index (χ0v) is 12.4. The molecule has 0 aliphatic heterocycles. The number of carboxylic acids is 1. The number of hydrogen-bond acceptors (Lipinski definition) is 3. The lowest BCUT2D eigenvalue weighted by molar-refractivity contribution is -0.137. The van der Waals surface area contributed by atoms with Gasteiger partial charge in [-0.2, -0.15) is 0 Å². The molecule has 0 spiro atoms. The van der Waals surface area contributed by atoms with Crippen molar-refractivity contribution in [2.45, 2.75) is 50.5 Å². The van der Waals surface area contributed by atoms with Crippen molar-refractivity contribution in [1.82, 2.24) is 0 Å². The van der Waals surface area contributed by atoms with Crippen molar-refractivity contribution < 1.29 is 19.4 Å². The number of benzene rings is 1. The molecule has 2 saturated carbocycles. The van der Waals surface area contributed by atoms with Crippen LogP contribution in [0.4, 0.5) is 0 Å². The van der Waals surface area contributed by atoms with Crippen molar-refractivity contribution in [1.29, 1.82) is 0 Å². The Kier molecular flexibility index (Phi) is 4.04. The minimum Gasteiger partial charge on any atom is -0.493 e. The van der Waals surface area contributed by atoms with E-state index in [1.807, 2.05) is 18.2 Å². The van der Waals surface area contributed by atoms with Gasteiger partial charge >= 0.3 is 5.97 Å². The number of carbonyl (C=O) groups is 1. The van der Waals surface area contributed by atoms with E-state index in [2.05, 4.69) is 0 Å². The molecule has 3 rings (SSSR count). The van der Waals surface area contributed by atoms with Gasteiger partial charge in [-0.3, -0.25) is 4.79 Å². The summed E-state index contributed by atoms with van der Waals surface area (Å²) in [6.07, 6.45) is 5.99. The SMILES string of the molecule is COc1cccc(C(CC(=O)O)C2CC2)c1OC1CCC1. The van der Waals surface area contributed by atoms with E-state index in [9.17, 15) is 9.90 Å². The Morgan fingerprint density at radius 3 is 2.62 bits per heavy atom. The van der Waals surface area contributed by atoms with Gasteiger partial charge in [0.05, 0.1) is 19.6 Å². The summed E-state index contributed by atoms with van der Waals surface area (Å²) in [7, 11) is 1.63. The quantitative estimate of drug-likeness (QED) is 0.833. The molecule has 1 aromatic carbocycles. The second-order valence-corrected chi connectivity index (χ2v) is 6.09. The number of carboxylic acid groups (broad SMARTS) is 1. The maximum atomic E-state index is 11.2. The first-order valence-corrected chi connectivity index (χ1v) is 7.74. The van der Waals surface area contributed by atoms with Gasteiger partial charge in [0.15, 0.2) is 11.5 Å². The van der Waals surface area contributed by atoms with Crippen LogP contribution in [0.15, 0.2) is 18.2 Å². The van der Waals surface area contributed by atoms with Crippen LogP contribution in [0.2, 0.25) is 0 Å². The first kappa shape index (κ1) is 14.2. The first-order chi connectivity index (χ1) is 10.2. The van der Waals surface area contributed by atoms with Gasteiger partial charge in [-0.1, -0.05) is 12.1 Å². The van der Waals surface area contributed by atoms with Crippen LogP contribution in [0.3, 0.4) is 0 Å². The van der Waals surface area contributed by atoms with E-state index in [-0.39, 0.29) is 18.4 Å². The average molecular weight is 290 g/mol. The fourth-order valence-corrected chi connectivity index (χ4v) is 2.98. The molecular formula is C17H22O4. The van der Waals surface area contributed by atoms with Gasteiger partial charge in [-0.05, 0) is 44.1 Å². The molecule has 4 heteroatoms. The van der Waals surface area contributed by atoms with E-state index in [4.69, 9.17) is 9.47 Å². The monoisotopic (exact) mass is 290 g/mol. The van der Waals surface area contributed by atoms with Gasteiger partial charge in [0, 0.05) is 11.5 Å². The summed E-state index contributed by atoms with van der Waals surface area (Å²) < 4.78 is 11.6. The largest absolute Gasteiger partial charge is 0.493 e. The summed E-state index contributed by atoms with van der Waals surface area (Å²) in [5, 5.41) is 9.21. The summed E-state index contributed by atoms with van der Waals surface area (Å²) in [5.74, 6) is 1.24. The molecule has 0 aromatic heterocycles. The third kappa shape index (κ3) is 3.14. The summed E-state index contributed by atoms with van der Waals surface area (Å²) in [6, 6.07) is 5.82. The molecule has 2 aliphatic rings. The molecule has 0 heterocycles. The second-order valence-electron chi connectivity index (χ2n) is 6.09. The standard InChI is InChI=1S/C17H22O4/c1-20-15-7-3-6-13(17(15)21-12-4-2-5-12)14(10-16(18)19)11-8-9-11/h3,6-7,11-12,14H,2,4-5,8-10H2,1H3,(H,18,19). The van der Waals surface area contributed by atoms with Crippen molar-refractivity contribution in [3.63, 3.8) is 0 Å². The molecule has 0 saturated heterocycles. The minimum atomic E-state index is -0.746. The highest BCUT2D eigenvalue weighted by Gasteiger charge is 2.36. The topological polar surface area (TPSA) is 55.8 Å². The Labute approximate surface area is 125 Å². The van der Waals surface area contributed by atoms with Crippen molar-refractivity contribution in [2.24, 2.45) is 5.92 Å².